The number of benzene rings is 1. The lowest BCUT2D eigenvalue weighted by Gasteiger charge is -2.34. The topological polar surface area (TPSA) is 44.8 Å². The van der Waals surface area contributed by atoms with Gasteiger partial charge in [-0.3, -0.25) is 14.6 Å². The minimum absolute atomic E-state index is 0.109. The van der Waals surface area contributed by atoms with Crippen LogP contribution in [0.5, 0.6) is 5.75 Å². The van der Waals surface area contributed by atoms with Crippen LogP contribution < -0.4 is 10.1 Å². The Bertz CT molecular complexity index is 476. The summed E-state index contributed by atoms with van der Waals surface area (Å²) in [7, 11) is 0. The number of para-hydroxylation sites is 1. The first-order valence-electron chi connectivity index (χ1n) is 7.77. The average molecular weight is 326 g/mol. The van der Waals surface area contributed by atoms with Gasteiger partial charge in [0.2, 0.25) is 5.91 Å². The maximum Gasteiger partial charge on any atom is 0.234 e. The minimum atomic E-state index is 0.109. The maximum absolute atomic E-state index is 11.6. The largest absolute Gasteiger partial charge is 0.491 e. The number of amides is 1. The Balaban J connectivity index is 1.63. The van der Waals surface area contributed by atoms with Crippen molar-refractivity contribution in [1.82, 2.24) is 15.1 Å². The summed E-state index contributed by atoms with van der Waals surface area (Å²) in [6, 6.07) is 7.52. The molecule has 0 saturated carbocycles. The first kappa shape index (κ1) is 17.1. The van der Waals surface area contributed by atoms with E-state index in [1.54, 1.807) is 0 Å². The first-order chi connectivity index (χ1) is 10.7. The molecule has 0 bridgehead atoms. The van der Waals surface area contributed by atoms with E-state index in [-0.39, 0.29) is 5.91 Å². The molecule has 1 aromatic rings. The summed E-state index contributed by atoms with van der Waals surface area (Å²) in [4.78, 5) is 16.1. The Morgan fingerprint density at radius 2 is 1.91 bits per heavy atom. The molecule has 0 unspecified atom stereocenters. The second-order valence-electron chi connectivity index (χ2n) is 5.35. The molecule has 0 aliphatic carbocycles. The van der Waals surface area contributed by atoms with Crippen molar-refractivity contribution in [2.24, 2.45) is 0 Å². The molecule has 1 aliphatic heterocycles. The Hall–Kier alpha value is -1.30. The monoisotopic (exact) mass is 325 g/mol. The normalized spacial score (nSPS) is 16.5. The van der Waals surface area contributed by atoms with Gasteiger partial charge in [0.1, 0.15) is 12.4 Å². The van der Waals surface area contributed by atoms with Crippen LogP contribution >= 0.6 is 11.6 Å². The van der Waals surface area contributed by atoms with E-state index in [0.29, 0.717) is 24.7 Å². The lowest BCUT2D eigenvalue weighted by atomic mass is 10.3. The maximum atomic E-state index is 11.6. The Kier molecular flexibility index (Phi) is 6.96. The molecule has 1 heterocycles. The van der Waals surface area contributed by atoms with Crippen molar-refractivity contribution in [3.8, 4) is 5.75 Å². The molecular formula is C16H24ClN3O2. The molecular weight excluding hydrogens is 302 g/mol. The highest BCUT2D eigenvalue weighted by Gasteiger charge is 2.18. The first-order valence-corrected chi connectivity index (χ1v) is 8.15. The number of carbonyl (C=O) groups is 1. The van der Waals surface area contributed by atoms with Gasteiger partial charge in [0.05, 0.1) is 11.6 Å². The zero-order valence-electron chi connectivity index (χ0n) is 13.1. The van der Waals surface area contributed by atoms with E-state index in [1.165, 1.54) is 0 Å². The predicted molar refractivity (Wildman–Crippen MR) is 88.5 cm³/mol. The van der Waals surface area contributed by atoms with Crippen molar-refractivity contribution in [1.29, 1.82) is 0 Å². The van der Waals surface area contributed by atoms with Crippen LogP contribution in [0.25, 0.3) is 0 Å². The van der Waals surface area contributed by atoms with Crippen LogP contribution in [-0.2, 0) is 4.79 Å². The number of likely N-dealkylation sites (N-methyl/N-ethyl adjacent to an activating group) is 1. The fourth-order valence-electron chi connectivity index (χ4n) is 2.47. The second-order valence-corrected chi connectivity index (χ2v) is 5.76. The van der Waals surface area contributed by atoms with Crippen LogP contribution in [0.15, 0.2) is 24.3 Å². The smallest absolute Gasteiger partial charge is 0.234 e. The molecule has 1 fully saturated rings. The number of carbonyl (C=O) groups excluding carboxylic acids is 1. The van der Waals surface area contributed by atoms with Crippen LogP contribution in [0.2, 0.25) is 5.02 Å². The van der Waals surface area contributed by atoms with Gasteiger partial charge in [0.25, 0.3) is 0 Å². The molecule has 0 spiro atoms. The van der Waals surface area contributed by atoms with E-state index < -0.39 is 0 Å². The van der Waals surface area contributed by atoms with Crippen LogP contribution in [0.1, 0.15) is 6.92 Å². The molecule has 0 radical (unpaired) electrons. The van der Waals surface area contributed by atoms with Gasteiger partial charge in [-0.05, 0) is 19.1 Å². The molecule has 22 heavy (non-hydrogen) atoms. The summed E-state index contributed by atoms with van der Waals surface area (Å²) >= 11 is 6.06. The molecule has 2 rings (SSSR count). The number of hydrogen-bond acceptors (Lipinski definition) is 4. The zero-order chi connectivity index (χ0) is 15.8. The molecule has 0 atom stereocenters. The summed E-state index contributed by atoms with van der Waals surface area (Å²) in [5.41, 5.74) is 0. The van der Waals surface area contributed by atoms with Crippen LogP contribution in [0.3, 0.4) is 0 Å². The number of nitrogens with one attached hydrogen (secondary N) is 1. The molecule has 5 nitrogen and oxygen atoms in total. The van der Waals surface area contributed by atoms with E-state index in [0.717, 1.165) is 38.5 Å². The summed E-state index contributed by atoms with van der Waals surface area (Å²) < 4.78 is 5.71. The van der Waals surface area contributed by atoms with Gasteiger partial charge in [-0.1, -0.05) is 23.7 Å². The van der Waals surface area contributed by atoms with Crippen molar-refractivity contribution >= 4 is 17.5 Å². The summed E-state index contributed by atoms with van der Waals surface area (Å²) in [5, 5.41) is 3.48. The summed E-state index contributed by atoms with van der Waals surface area (Å²) in [6.45, 7) is 8.40. The van der Waals surface area contributed by atoms with Crippen LogP contribution in [0, 0.1) is 0 Å². The lowest BCUT2D eigenvalue weighted by molar-refractivity contribution is -0.122. The van der Waals surface area contributed by atoms with E-state index in [2.05, 4.69) is 15.1 Å². The molecule has 1 aliphatic rings. The van der Waals surface area contributed by atoms with Gasteiger partial charge in [-0.25, -0.2) is 0 Å². The van der Waals surface area contributed by atoms with Gasteiger partial charge < -0.3 is 10.1 Å². The number of hydrogen-bond donors (Lipinski definition) is 1. The Morgan fingerprint density at radius 1 is 1.23 bits per heavy atom. The van der Waals surface area contributed by atoms with Crippen LogP contribution in [-0.4, -0.2) is 68.1 Å². The number of halogens is 1. The molecule has 1 saturated heterocycles. The van der Waals surface area contributed by atoms with E-state index in [1.807, 2.05) is 31.2 Å². The second kappa shape index (κ2) is 8.98. The van der Waals surface area contributed by atoms with E-state index in [9.17, 15) is 4.79 Å². The quantitative estimate of drug-likeness (QED) is 0.824. The fraction of sp³-hybridized carbons (Fsp3) is 0.562. The number of ether oxygens (including phenoxy) is 1. The number of piperazine rings is 1. The van der Waals surface area contributed by atoms with Crippen molar-refractivity contribution in [3.05, 3.63) is 29.3 Å². The molecule has 1 amide bonds. The summed E-state index contributed by atoms with van der Waals surface area (Å²) in [5.74, 6) is 0.844. The van der Waals surface area contributed by atoms with Gasteiger partial charge >= 0.3 is 0 Å². The minimum Gasteiger partial charge on any atom is -0.491 e. The molecule has 0 aromatic heterocycles. The number of rotatable bonds is 7. The third-order valence-corrected chi connectivity index (χ3v) is 4.02. The van der Waals surface area contributed by atoms with Crippen molar-refractivity contribution in [2.45, 2.75) is 6.92 Å². The van der Waals surface area contributed by atoms with Crippen molar-refractivity contribution in [3.63, 3.8) is 0 Å². The van der Waals surface area contributed by atoms with Gasteiger partial charge in [0, 0.05) is 39.3 Å². The summed E-state index contributed by atoms with van der Waals surface area (Å²) in [6.07, 6.45) is 0. The highest BCUT2D eigenvalue weighted by Crippen LogP contribution is 2.22. The Morgan fingerprint density at radius 3 is 2.59 bits per heavy atom. The SMILES string of the molecule is CCNC(=O)CN1CCN(CCOc2ccccc2Cl)CC1. The van der Waals surface area contributed by atoms with Gasteiger partial charge in [0.15, 0.2) is 0 Å². The highest BCUT2D eigenvalue weighted by atomic mass is 35.5. The Labute approximate surface area is 137 Å². The fourth-order valence-corrected chi connectivity index (χ4v) is 2.66. The van der Waals surface area contributed by atoms with Crippen molar-refractivity contribution in [2.75, 3.05) is 52.4 Å². The lowest BCUT2D eigenvalue weighted by Crippen LogP contribution is -2.50. The van der Waals surface area contributed by atoms with Gasteiger partial charge in [-0.2, -0.15) is 0 Å². The molecule has 122 valence electrons. The third kappa shape index (κ3) is 5.48. The third-order valence-electron chi connectivity index (χ3n) is 3.71. The van der Waals surface area contributed by atoms with Crippen LogP contribution in [0.4, 0.5) is 0 Å². The number of nitrogens with zero attached hydrogens (tertiary/aromatic N) is 2. The highest BCUT2D eigenvalue weighted by molar-refractivity contribution is 6.32. The van der Waals surface area contributed by atoms with E-state index in [4.69, 9.17) is 16.3 Å². The molecule has 1 aromatic carbocycles. The van der Waals surface area contributed by atoms with E-state index >= 15 is 0 Å². The molecule has 1 N–H and O–H groups in total. The predicted octanol–water partition coefficient (Wildman–Crippen LogP) is 1.47. The molecule has 6 heteroatoms. The van der Waals surface area contributed by atoms with Gasteiger partial charge in [-0.15, -0.1) is 0 Å². The zero-order valence-corrected chi connectivity index (χ0v) is 13.8. The standard InChI is InChI=1S/C16H24ClN3O2/c1-2-18-16(21)13-20-9-7-19(8-10-20)11-12-22-15-6-4-3-5-14(15)17/h3-6H,2,7-13H2,1H3,(H,18,21). The average Bonchev–Trinajstić information content (AvgIpc) is 2.51. The van der Waals surface area contributed by atoms with Crippen molar-refractivity contribution < 1.29 is 9.53 Å².